The van der Waals surface area contributed by atoms with Gasteiger partial charge in [0.15, 0.2) is 0 Å². The lowest BCUT2D eigenvalue weighted by molar-refractivity contribution is -0.120. The number of rotatable bonds is 4. The number of sulfonamides is 1. The van der Waals surface area contributed by atoms with Crippen LogP contribution in [0.3, 0.4) is 0 Å². The van der Waals surface area contributed by atoms with Crippen LogP contribution in [0.25, 0.3) is 0 Å². The van der Waals surface area contributed by atoms with Crippen molar-refractivity contribution in [1.82, 2.24) is 4.31 Å². The van der Waals surface area contributed by atoms with E-state index in [1.165, 1.54) is 16.4 Å². The third kappa shape index (κ3) is 4.49. The van der Waals surface area contributed by atoms with E-state index in [2.05, 4.69) is 10.2 Å². The second kappa shape index (κ2) is 7.29. The standard InChI is InChI=1S/C17H24FN3O3S/c1-25(23,24)21-8-4-5-13(12-21)17(22)19-15-9-14(18)10-16(11-15)20-6-2-3-7-20/h9-11,13H,2-8,12H2,1H3,(H,19,22)/t13-/m1/s1. The van der Waals surface area contributed by atoms with Gasteiger partial charge in [-0.25, -0.2) is 17.1 Å². The summed E-state index contributed by atoms with van der Waals surface area (Å²) in [5.41, 5.74) is 1.19. The van der Waals surface area contributed by atoms with Crippen molar-refractivity contribution in [1.29, 1.82) is 0 Å². The summed E-state index contributed by atoms with van der Waals surface area (Å²) in [6.45, 7) is 2.41. The predicted molar refractivity (Wildman–Crippen MR) is 95.6 cm³/mol. The Bertz CT molecular complexity index is 748. The van der Waals surface area contributed by atoms with E-state index >= 15 is 0 Å². The average Bonchev–Trinajstić information content (AvgIpc) is 3.08. The number of piperidine rings is 1. The Labute approximate surface area is 148 Å². The first kappa shape index (κ1) is 18.1. The lowest BCUT2D eigenvalue weighted by Gasteiger charge is -2.30. The molecule has 2 fully saturated rings. The maximum atomic E-state index is 13.9. The van der Waals surface area contributed by atoms with Crippen molar-refractivity contribution >= 4 is 27.3 Å². The summed E-state index contributed by atoms with van der Waals surface area (Å²) >= 11 is 0. The number of nitrogens with zero attached hydrogens (tertiary/aromatic N) is 2. The molecule has 1 aromatic carbocycles. The Balaban J connectivity index is 1.70. The van der Waals surface area contributed by atoms with Crippen LogP contribution < -0.4 is 10.2 Å². The normalized spacial score (nSPS) is 22.2. The average molecular weight is 369 g/mol. The Morgan fingerprint density at radius 1 is 1.16 bits per heavy atom. The van der Waals surface area contributed by atoms with E-state index in [-0.39, 0.29) is 18.3 Å². The van der Waals surface area contributed by atoms with Crippen molar-refractivity contribution in [3.8, 4) is 0 Å². The molecule has 0 aromatic heterocycles. The molecule has 138 valence electrons. The van der Waals surface area contributed by atoms with E-state index in [1.54, 1.807) is 6.07 Å². The van der Waals surface area contributed by atoms with E-state index < -0.39 is 15.9 Å². The Kier molecular flexibility index (Phi) is 5.29. The first-order chi connectivity index (χ1) is 11.8. The quantitative estimate of drug-likeness (QED) is 0.882. The number of halogens is 1. The predicted octanol–water partition coefficient (Wildman–Crippen LogP) is 2.04. The number of hydrogen-bond acceptors (Lipinski definition) is 4. The van der Waals surface area contributed by atoms with Gasteiger partial charge in [-0.05, 0) is 43.9 Å². The van der Waals surface area contributed by atoms with Crippen molar-refractivity contribution in [3.05, 3.63) is 24.0 Å². The molecule has 3 rings (SSSR count). The molecule has 2 saturated heterocycles. The van der Waals surface area contributed by atoms with Gasteiger partial charge < -0.3 is 10.2 Å². The van der Waals surface area contributed by atoms with Gasteiger partial charge in [-0.2, -0.15) is 0 Å². The van der Waals surface area contributed by atoms with Crippen LogP contribution in [0.1, 0.15) is 25.7 Å². The minimum absolute atomic E-state index is 0.180. The molecule has 0 spiro atoms. The highest BCUT2D eigenvalue weighted by atomic mass is 32.2. The van der Waals surface area contributed by atoms with Crippen LogP contribution >= 0.6 is 0 Å². The molecule has 0 radical (unpaired) electrons. The molecular formula is C17H24FN3O3S. The van der Waals surface area contributed by atoms with Crippen LogP contribution in [0.5, 0.6) is 0 Å². The molecule has 2 heterocycles. The van der Waals surface area contributed by atoms with Gasteiger partial charge in [0.1, 0.15) is 5.82 Å². The number of benzene rings is 1. The van der Waals surface area contributed by atoms with Crippen LogP contribution in [0.4, 0.5) is 15.8 Å². The minimum Gasteiger partial charge on any atom is -0.371 e. The monoisotopic (exact) mass is 369 g/mol. The summed E-state index contributed by atoms with van der Waals surface area (Å²) in [5.74, 6) is -1.06. The molecular weight excluding hydrogens is 345 g/mol. The van der Waals surface area contributed by atoms with Gasteiger partial charge in [0.2, 0.25) is 15.9 Å². The SMILES string of the molecule is CS(=O)(=O)N1CCC[C@@H](C(=O)Nc2cc(F)cc(N3CCCC3)c2)C1. The molecule has 2 aliphatic heterocycles. The third-order valence-corrected chi connectivity index (χ3v) is 6.11. The van der Waals surface area contributed by atoms with E-state index in [4.69, 9.17) is 0 Å². The molecule has 1 aromatic rings. The summed E-state index contributed by atoms with van der Waals surface area (Å²) < 4.78 is 38.6. The Hall–Kier alpha value is -1.67. The van der Waals surface area contributed by atoms with Crippen LogP contribution in [-0.2, 0) is 14.8 Å². The second-order valence-corrected chi connectivity index (χ2v) is 8.82. The fourth-order valence-electron chi connectivity index (χ4n) is 3.51. The largest absolute Gasteiger partial charge is 0.371 e. The molecule has 8 heteroatoms. The first-order valence-corrected chi connectivity index (χ1v) is 10.5. The van der Waals surface area contributed by atoms with Gasteiger partial charge in [-0.15, -0.1) is 0 Å². The van der Waals surface area contributed by atoms with Gasteiger partial charge in [0, 0.05) is 37.6 Å². The highest BCUT2D eigenvalue weighted by Crippen LogP contribution is 2.26. The van der Waals surface area contributed by atoms with Gasteiger partial charge in [-0.3, -0.25) is 4.79 Å². The fraction of sp³-hybridized carbons (Fsp3) is 0.588. The van der Waals surface area contributed by atoms with Crippen LogP contribution in [0, 0.1) is 11.7 Å². The van der Waals surface area contributed by atoms with E-state index in [0.717, 1.165) is 37.9 Å². The summed E-state index contributed by atoms with van der Waals surface area (Å²) in [7, 11) is -3.30. The number of carbonyl (C=O) groups is 1. The maximum absolute atomic E-state index is 13.9. The molecule has 0 unspecified atom stereocenters. The van der Waals surface area contributed by atoms with Crippen molar-refractivity contribution < 1.29 is 17.6 Å². The fourth-order valence-corrected chi connectivity index (χ4v) is 4.42. The lowest BCUT2D eigenvalue weighted by atomic mass is 9.98. The summed E-state index contributed by atoms with van der Waals surface area (Å²) in [5, 5.41) is 2.76. The molecule has 0 bridgehead atoms. The van der Waals surface area contributed by atoms with E-state index in [0.29, 0.717) is 25.1 Å². The molecule has 1 atom stereocenters. The molecule has 6 nitrogen and oxygen atoms in total. The van der Waals surface area contributed by atoms with Gasteiger partial charge in [-0.1, -0.05) is 0 Å². The van der Waals surface area contributed by atoms with Crippen molar-refractivity contribution in [2.75, 3.05) is 42.7 Å². The van der Waals surface area contributed by atoms with E-state index in [1.807, 2.05) is 0 Å². The number of anilines is 2. The zero-order valence-corrected chi connectivity index (χ0v) is 15.2. The van der Waals surface area contributed by atoms with Crippen molar-refractivity contribution in [3.63, 3.8) is 0 Å². The summed E-state index contributed by atoms with van der Waals surface area (Å²) in [6, 6.07) is 4.56. The molecule has 1 N–H and O–H groups in total. The second-order valence-electron chi connectivity index (χ2n) is 6.84. The number of amides is 1. The highest BCUT2D eigenvalue weighted by Gasteiger charge is 2.30. The molecule has 25 heavy (non-hydrogen) atoms. The third-order valence-electron chi connectivity index (χ3n) is 4.85. The minimum atomic E-state index is -3.30. The zero-order valence-electron chi connectivity index (χ0n) is 14.4. The molecule has 1 amide bonds. The zero-order chi connectivity index (χ0) is 18.0. The van der Waals surface area contributed by atoms with Gasteiger partial charge >= 0.3 is 0 Å². The van der Waals surface area contributed by atoms with Crippen LogP contribution in [0.15, 0.2) is 18.2 Å². The van der Waals surface area contributed by atoms with Crippen LogP contribution in [0.2, 0.25) is 0 Å². The smallest absolute Gasteiger partial charge is 0.228 e. The van der Waals surface area contributed by atoms with Crippen molar-refractivity contribution in [2.45, 2.75) is 25.7 Å². The van der Waals surface area contributed by atoms with Crippen LogP contribution in [-0.4, -0.2) is 51.1 Å². The Morgan fingerprint density at radius 3 is 2.56 bits per heavy atom. The summed E-state index contributed by atoms with van der Waals surface area (Å²) in [4.78, 5) is 14.6. The molecule has 0 aliphatic carbocycles. The first-order valence-electron chi connectivity index (χ1n) is 8.64. The van der Waals surface area contributed by atoms with Gasteiger partial charge in [0.05, 0.1) is 12.2 Å². The maximum Gasteiger partial charge on any atom is 0.228 e. The topological polar surface area (TPSA) is 69.7 Å². The number of nitrogens with one attached hydrogen (secondary N) is 1. The molecule has 0 saturated carbocycles. The highest BCUT2D eigenvalue weighted by molar-refractivity contribution is 7.88. The number of hydrogen-bond donors (Lipinski definition) is 1. The van der Waals surface area contributed by atoms with Gasteiger partial charge in [0.25, 0.3) is 0 Å². The van der Waals surface area contributed by atoms with Crippen molar-refractivity contribution in [2.24, 2.45) is 5.92 Å². The lowest BCUT2D eigenvalue weighted by Crippen LogP contribution is -2.43. The van der Waals surface area contributed by atoms with E-state index in [9.17, 15) is 17.6 Å². The molecule has 2 aliphatic rings. The Morgan fingerprint density at radius 2 is 1.88 bits per heavy atom. The summed E-state index contributed by atoms with van der Waals surface area (Å²) in [6.07, 6.45) is 4.60. The number of carbonyl (C=O) groups excluding carboxylic acids is 1.